The van der Waals surface area contributed by atoms with Gasteiger partial charge in [-0.15, -0.1) is 0 Å². The number of hydrogen-bond acceptors (Lipinski definition) is 6. The molecule has 1 fully saturated rings. The SMILES string of the molecule is COC(=O)[C@@]1(NC(=O)OC(C)(C)C)CCN(c2cc(Cl)cc(Br)c2CO)C1. The Morgan fingerprint density at radius 3 is 2.63 bits per heavy atom. The first kappa shape index (κ1) is 21.8. The zero-order valence-corrected chi connectivity index (χ0v) is 18.1. The van der Waals surface area contributed by atoms with Gasteiger partial charge in [0.25, 0.3) is 0 Å². The van der Waals surface area contributed by atoms with Gasteiger partial charge in [0.15, 0.2) is 5.54 Å². The number of ether oxygens (including phenoxy) is 2. The number of anilines is 1. The lowest BCUT2D eigenvalue weighted by Gasteiger charge is -2.30. The van der Waals surface area contributed by atoms with Crippen molar-refractivity contribution in [2.24, 2.45) is 0 Å². The quantitative estimate of drug-likeness (QED) is 0.667. The first-order valence-corrected chi connectivity index (χ1v) is 9.62. The van der Waals surface area contributed by atoms with E-state index in [0.717, 1.165) is 0 Å². The molecule has 0 aliphatic carbocycles. The molecule has 2 N–H and O–H groups in total. The molecule has 9 heteroatoms. The molecule has 1 aromatic carbocycles. The zero-order valence-electron chi connectivity index (χ0n) is 15.8. The van der Waals surface area contributed by atoms with E-state index in [9.17, 15) is 14.7 Å². The van der Waals surface area contributed by atoms with Crippen LogP contribution in [0.4, 0.5) is 10.5 Å². The second-order valence-electron chi connectivity index (χ2n) is 7.42. The van der Waals surface area contributed by atoms with Crippen LogP contribution in [-0.2, 0) is 20.9 Å². The molecular formula is C18H24BrClN2O5. The number of halogens is 2. The summed E-state index contributed by atoms with van der Waals surface area (Å²) in [4.78, 5) is 26.7. The summed E-state index contributed by atoms with van der Waals surface area (Å²) in [6.45, 7) is 5.66. The summed E-state index contributed by atoms with van der Waals surface area (Å²) in [6.07, 6.45) is -0.363. The molecule has 1 aliphatic heterocycles. The van der Waals surface area contributed by atoms with Crippen molar-refractivity contribution in [3.8, 4) is 0 Å². The van der Waals surface area contributed by atoms with Crippen molar-refractivity contribution in [3.05, 3.63) is 27.2 Å². The molecule has 2 rings (SSSR count). The second kappa shape index (κ2) is 8.24. The smallest absolute Gasteiger partial charge is 0.408 e. The van der Waals surface area contributed by atoms with E-state index < -0.39 is 23.2 Å². The van der Waals surface area contributed by atoms with Gasteiger partial charge in [0.05, 0.1) is 20.3 Å². The standard InChI is InChI=1S/C18H24BrClN2O5/c1-17(2,3)27-16(25)21-18(15(24)26-4)5-6-22(10-18)14-8-11(20)7-13(19)12(14)9-23/h7-8,23H,5-6,9-10H2,1-4H3,(H,21,25)/t18-/m1/s1. The number of methoxy groups -OCH3 is 1. The Balaban J connectivity index is 2.32. The summed E-state index contributed by atoms with van der Waals surface area (Å²) in [6, 6.07) is 3.41. The van der Waals surface area contributed by atoms with Crippen molar-refractivity contribution >= 4 is 45.3 Å². The molecule has 1 saturated heterocycles. The minimum Gasteiger partial charge on any atom is -0.467 e. The number of benzene rings is 1. The van der Waals surface area contributed by atoms with Crippen LogP contribution in [0.25, 0.3) is 0 Å². The number of rotatable bonds is 4. The van der Waals surface area contributed by atoms with Crippen molar-refractivity contribution < 1.29 is 24.2 Å². The van der Waals surface area contributed by atoms with Crippen LogP contribution < -0.4 is 10.2 Å². The van der Waals surface area contributed by atoms with E-state index in [1.807, 2.05) is 4.90 Å². The van der Waals surface area contributed by atoms with Gasteiger partial charge in [-0.2, -0.15) is 0 Å². The van der Waals surface area contributed by atoms with Crippen molar-refractivity contribution in [2.75, 3.05) is 25.1 Å². The lowest BCUT2D eigenvalue weighted by atomic mass is 9.99. The molecule has 27 heavy (non-hydrogen) atoms. The first-order chi connectivity index (χ1) is 12.5. The molecule has 0 aromatic heterocycles. The molecule has 1 heterocycles. The maximum atomic E-state index is 12.5. The van der Waals surface area contributed by atoms with Crippen LogP contribution in [0.15, 0.2) is 16.6 Å². The highest BCUT2D eigenvalue weighted by Gasteiger charge is 2.48. The third-order valence-electron chi connectivity index (χ3n) is 4.22. The summed E-state index contributed by atoms with van der Waals surface area (Å²) in [5, 5.41) is 12.9. The highest BCUT2D eigenvalue weighted by Crippen LogP contribution is 2.36. The van der Waals surface area contributed by atoms with Gasteiger partial charge in [0.2, 0.25) is 0 Å². The number of nitrogens with zero attached hydrogens (tertiary/aromatic N) is 1. The first-order valence-electron chi connectivity index (χ1n) is 8.44. The number of carbonyl (C=O) groups is 2. The van der Waals surface area contributed by atoms with Crippen LogP contribution in [0.3, 0.4) is 0 Å². The van der Waals surface area contributed by atoms with E-state index in [4.69, 9.17) is 21.1 Å². The molecule has 0 radical (unpaired) electrons. The molecule has 1 amide bonds. The molecule has 150 valence electrons. The van der Waals surface area contributed by atoms with Crippen LogP contribution in [-0.4, -0.2) is 48.5 Å². The highest BCUT2D eigenvalue weighted by atomic mass is 79.9. The van der Waals surface area contributed by atoms with E-state index in [2.05, 4.69) is 21.2 Å². The fourth-order valence-electron chi connectivity index (χ4n) is 3.06. The third kappa shape index (κ3) is 5.06. The largest absolute Gasteiger partial charge is 0.467 e. The van der Waals surface area contributed by atoms with E-state index in [1.165, 1.54) is 7.11 Å². The molecule has 7 nitrogen and oxygen atoms in total. The van der Waals surface area contributed by atoms with Gasteiger partial charge in [-0.3, -0.25) is 0 Å². The van der Waals surface area contributed by atoms with E-state index in [0.29, 0.717) is 33.7 Å². The van der Waals surface area contributed by atoms with E-state index in [-0.39, 0.29) is 13.2 Å². The number of amides is 1. The summed E-state index contributed by atoms with van der Waals surface area (Å²) in [5.74, 6) is -0.553. The van der Waals surface area contributed by atoms with E-state index in [1.54, 1.807) is 32.9 Å². The van der Waals surface area contributed by atoms with Crippen LogP contribution >= 0.6 is 27.5 Å². The van der Waals surface area contributed by atoms with Crippen LogP contribution in [0.1, 0.15) is 32.8 Å². The number of carbonyl (C=O) groups excluding carboxylic acids is 2. The van der Waals surface area contributed by atoms with Crippen molar-refractivity contribution in [3.63, 3.8) is 0 Å². The fourth-order valence-corrected chi connectivity index (χ4v) is 3.98. The Bertz CT molecular complexity index is 737. The predicted octanol–water partition coefficient (Wildman–Crippen LogP) is 3.24. The van der Waals surface area contributed by atoms with Crippen LogP contribution in [0, 0.1) is 0 Å². The van der Waals surface area contributed by atoms with Gasteiger partial charge in [-0.05, 0) is 32.9 Å². The minimum atomic E-state index is -1.25. The molecule has 0 bridgehead atoms. The van der Waals surface area contributed by atoms with Gasteiger partial charge in [-0.25, -0.2) is 9.59 Å². The second-order valence-corrected chi connectivity index (χ2v) is 8.71. The highest BCUT2D eigenvalue weighted by molar-refractivity contribution is 9.10. The van der Waals surface area contributed by atoms with Gasteiger partial charge in [0.1, 0.15) is 5.60 Å². The molecule has 0 saturated carbocycles. The summed E-state index contributed by atoms with van der Waals surface area (Å²) in [7, 11) is 1.28. The Morgan fingerprint density at radius 2 is 2.07 bits per heavy atom. The average Bonchev–Trinajstić information content (AvgIpc) is 2.96. The van der Waals surface area contributed by atoms with Crippen molar-refractivity contribution in [1.82, 2.24) is 5.32 Å². The summed E-state index contributed by atoms with van der Waals surface area (Å²) < 4.78 is 10.9. The predicted molar refractivity (Wildman–Crippen MR) is 106 cm³/mol. The number of nitrogens with one attached hydrogen (secondary N) is 1. The lowest BCUT2D eigenvalue weighted by Crippen LogP contribution is -2.57. The Morgan fingerprint density at radius 1 is 1.41 bits per heavy atom. The molecular weight excluding hydrogens is 440 g/mol. The van der Waals surface area contributed by atoms with Crippen LogP contribution in [0.5, 0.6) is 0 Å². The van der Waals surface area contributed by atoms with Gasteiger partial charge in [0, 0.05) is 33.7 Å². The summed E-state index contributed by atoms with van der Waals surface area (Å²) >= 11 is 9.55. The molecule has 1 atom stereocenters. The zero-order chi connectivity index (χ0) is 20.4. The number of aliphatic hydroxyl groups excluding tert-OH is 1. The fraction of sp³-hybridized carbons (Fsp3) is 0.556. The molecule has 0 unspecified atom stereocenters. The normalized spacial score (nSPS) is 19.7. The minimum absolute atomic E-state index is 0.165. The molecule has 1 aromatic rings. The Kier molecular flexibility index (Phi) is 6.65. The number of alkyl carbamates (subject to hydrolysis) is 1. The maximum Gasteiger partial charge on any atom is 0.408 e. The van der Waals surface area contributed by atoms with Crippen molar-refractivity contribution in [1.29, 1.82) is 0 Å². The van der Waals surface area contributed by atoms with Gasteiger partial charge < -0.3 is 24.8 Å². The Labute approximate surface area is 172 Å². The number of aliphatic hydroxyl groups is 1. The Hall–Kier alpha value is -1.51. The third-order valence-corrected chi connectivity index (χ3v) is 5.15. The van der Waals surface area contributed by atoms with Crippen LogP contribution in [0.2, 0.25) is 5.02 Å². The average molecular weight is 464 g/mol. The monoisotopic (exact) mass is 462 g/mol. The molecule has 1 aliphatic rings. The van der Waals surface area contributed by atoms with Gasteiger partial charge in [-0.1, -0.05) is 27.5 Å². The van der Waals surface area contributed by atoms with Gasteiger partial charge >= 0.3 is 12.1 Å². The number of esters is 1. The van der Waals surface area contributed by atoms with Crippen molar-refractivity contribution in [2.45, 2.75) is 44.9 Å². The maximum absolute atomic E-state index is 12.5. The number of hydrogen-bond donors (Lipinski definition) is 2. The van der Waals surface area contributed by atoms with E-state index >= 15 is 0 Å². The molecule has 0 spiro atoms. The topological polar surface area (TPSA) is 88.1 Å². The summed E-state index contributed by atoms with van der Waals surface area (Å²) in [5.41, 5.74) is -0.605. The lowest BCUT2D eigenvalue weighted by molar-refractivity contribution is -0.147.